The fourth-order valence-corrected chi connectivity index (χ4v) is 3.51. The second kappa shape index (κ2) is 11.0. The zero-order valence-electron chi connectivity index (χ0n) is 21.2. The van der Waals surface area contributed by atoms with Gasteiger partial charge in [-0.05, 0) is 65.9 Å². The molecule has 9 heteroatoms. The first-order chi connectivity index (χ1) is 17.4. The molecule has 37 heavy (non-hydrogen) atoms. The fourth-order valence-electron chi connectivity index (χ4n) is 3.51. The minimum Gasteiger partial charge on any atom is -0.384 e. The number of nitrogen functional groups attached to an aromatic ring is 1. The minimum atomic E-state index is -0.816. The Morgan fingerprint density at radius 3 is 2.03 bits per heavy atom. The zero-order valence-corrected chi connectivity index (χ0v) is 21.2. The highest BCUT2D eigenvalue weighted by Crippen LogP contribution is 2.29. The van der Waals surface area contributed by atoms with Gasteiger partial charge in [-0.1, -0.05) is 45.0 Å². The largest absolute Gasteiger partial charge is 0.384 e. The number of hydroxylamine groups is 1. The van der Waals surface area contributed by atoms with E-state index in [9.17, 15) is 19.6 Å². The van der Waals surface area contributed by atoms with Gasteiger partial charge in [-0.15, -0.1) is 0 Å². The van der Waals surface area contributed by atoms with Gasteiger partial charge >= 0.3 is 0 Å². The topological polar surface area (TPSA) is 157 Å². The van der Waals surface area contributed by atoms with Gasteiger partial charge < -0.3 is 16.4 Å². The highest BCUT2D eigenvalue weighted by molar-refractivity contribution is 6.11. The number of hydrogen-bond acceptors (Lipinski definition) is 5. The monoisotopic (exact) mass is 501 g/mol. The van der Waals surface area contributed by atoms with E-state index in [2.05, 4.69) is 10.6 Å². The molecule has 0 saturated carbocycles. The van der Waals surface area contributed by atoms with Gasteiger partial charge in [0.25, 0.3) is 17.7 Å². The predicted molar refractivity (Wildman–Crippen MR) is 143 cm³/mol. The third-order valence-corrected chi connectivity index (χ3v) is 6.19. The molecule has 0 aliphatic heterocycles. The van der Waals surface area contributed by atoms with Crippen molar-refractivity contribution >= 4 is 29.2 Å². The van der Waals surface area contributed by atoms with Crippen molar-refractivity contribution in [3.8, 4) is 11.1 Å². The van der Waals surface area contributed by atoms with E-state index in [1.165, 1.54) is 6.07 Å². The van der Waals surface area contributed by atoms with E-state index in [0.717, 1.165) is 0 Å². The predicted octanol–water partition coefficient (Wildman–Crippen LogP) is 4.17. The average molecular weight is 502 g/mol. The molecule has 0 aliphatic rings. The first-order valence-corrected chi connectivity index (χ1v) is 11.7. The highest BCUT2D eigenvalue weighted by Gasteiger charge is 2.24. The summed E-state index contributed by atoms with van der Waals surface area (Å²) in [5.41, 5.74) is 9.33. The minimum absolute atomic E-state index is 0.0321. The first-order valence-electron chi connectivity index (χ1n) is 11.7. The Balaban J connectivity index is 1.98. The number of rotatable bonds is 7. The average Bonchev–Trinajstić information content (AvgIpc) is 2.87. The Bertz CT molecular complexity index is 1340. The van der Waals surface area contributed by atoms with Crippen LogP contribution in [0.3, 0.4) is 0 Å². The maximum Gasteiger partial charge on any atom is 0.275 e. The van der Waals surface area contributed by atoms with Crippen molar-refractivity contribution in [1.29, 1.82) is 5.41 Å². The van der Waals surface area contributed by atoms with Crippen LogP contribution in [-0.2, 0) is 0 Å². The molecule has 1 unspecified atom stereocenters. The molecule has 0 saturated heterocycles. The molecule has 192 valence electrons. The van der Waals surface area contributed by atoms with Gasteiger partial charge in [-0.25, -0.2) is 5.48 Å². The Morgan fingerprint density at radius 1 is 0.838 bits per heavy atom. The summed E-state index contributed by atoms with van der Waals surface area (Å²) in [5.74, 6) is -1.69. The normalized spacial score (nSPS) is 11.8. The number of amides is 3. The molecule has 1 atom stereocenters. The van der Waals surface area contributed by atoms with Crippen molar-refractivity contribution in [3.05, 3.63) is 89.0 Å². The molecule has 3 aromatic rings. The van der Waals surface area contributed by atoms with Crippen molar-refractivity contribution < 1.29 is 19.6 Å². The number of nitrogens with one attached hydrogen (secondary N) is 4. The molecule has 0 spiro atoms. The van der Waals surface area contributed by atoms with Crippen molar-refractivity contribution in [2.24, 2.45) is 11.1 Å². The van der Waals surface area contributed by atoms with Crippen LogP contribution in [0.15, 0.2) is 66.7 Å². The molecule has 0 radical (unpaired) electrons. The van der Waals surface area contributed by atoms with E-state index >= 15 is 0 Å². The number of nitrogens with two attached hydrogens (primary N) is 1. The van der Waals surface area contributed by atoms with Crippen molar-refractivity contribution in [2.75, 3.05) is 5.32 Å². The number of carbonyl (C=O) groups excluding carboxylic acids is 3. The summed E-state index contributed by atoms with van der Waals surface area (Å²) < 4.78 is 0. The summed E-state index contributed by atoms with van der Waals surface area (Å²) in [6, 6.07) is 17.6. The molecule has 0 fully saturated rings. The van der Waals surface area contributed by atoms with Crippen LogP contribution in [0.25, 0.3) is 11.1 Å². The van der Waals surface area contributed by atoms with Crippen LogP contribution in [0.1, 0.15) is 64.3 Å². The van der Waals surface area contributed by atoms with Crippen LogP contribution in [0, 0.1) is 10.8 Å². The molecule has 7 N–H and O–H groups in total. The molecular formula is C28H31N5O4. The van der Waals surface area contributed by atoms with Gasteiger partial charge in [0.1, 0.15) is 5.84 Å². The van der Waals surface area contributed by atoms with E-state index in [0.29, 0.717) is 22.4 Å². The Hall–Kier alpha value is -4.50. The molecule has 3 amide bonds. The van der Waals surface area contributed by atoms with E-state index in [1.807, 2.05) is 27.7 Å². The quantitative estimate of drug-likeness (QED) is 0.124. The van der Waals surface area contributed by atoms with Crippen LogP contribution < -0.4 is 21.8 Å². The lowest BCUT2D eigenvalue weighted by Crippen LogP contribution is -2.41. The molecule has 0 aliphatic carbocycles. The molecule has 9 nitrogen and oxygen atoms in total. The summed E-state index contributed by atoms with van der Waals surface area (Å²) in [4.78, 5) is 38.6. The Kier molecular flexibility index (Phi) is 8.09. The molecular weight excluding hydrogens is 470 g/mol. The van der Waals surface area contributed by atoms with Crippen molar-refractivity contribution in [2.45, 2.75) is 33.7 Å². The number of amidine groups is 1. The summed E-state index contributed by atoms with van der Waals surface area (Å²) in [6.45, 7) is 7.91. The summed E-state index contributed by atoms with van der Waals surface area (Å²) in [5, 5.41) is 22.6. The number of benzene rings is 3. The SMILES string of the molecule is CC(NC(=O)c1ccc(-c2ccccc2C(=O)Nc2ccc(C(=N)N)cc2)c(C(=O)NO)c1)C(C)(C)C. The second-order valence-corrected chi connectivity index (χ2v) is 9.75. The van der Waals surface area contributed by atoms with Crippen LogP contribution in [0.2, 0.25) is 0 Å². The van der Waals surface area contributed by atoms with Crippen LogP contribution in [0.4, 0.5) is 5.69 Å². The van der Waals surface area contributed by atoms with E-state index in [-0.39, 0.29) is 39.9 Å². The smallest absolute Gasteiger partial charge is 0.275 e. The third kappa shape index (κ3) is 6.39. The summed E-state index contributed by atoms with van der Waals surface area (Å²) in [6.07, 6.45) is 0. The third-order valence-electron chi connectivity index (χ3n) is 6.19. The van der Waals surface area contributed by atoms with Crippen LogP contribution in [-0.4, -0.2) is 34.8 Å². The van der Waals surface area contributed by atoms with Gasteiger partial charge in [0.05, 0.1) is 5.56 Å². The van der Waals surface area contributed by atoms with E-state index < -0.39 is 11.8 Å². The molecule has 3 rings (SSSR count). The first kappa shape index (κ1) is 27.1. The van der Waals surface area contributed by atoms with Gasteiger partial charge in [0.2, 0.25) is 0 Å². The zero-order chi connectivity index (χ0) is 27.3. The Labute approximate surface area is 215 Å². The number of carbonyl (C=O) groups is 3. The van der Waals surface area contributed by atoms with E-state index in [1.54, 1.807) is 66.1 Å². The molecule has 3 aromatic carbocycles. The number of hydrogen-bond donors (Lipinski definition) is 6. The maximum absolute atomic E-state index is 13.2. The van der Waals surface area contributed by atoms with Gasteiger partial charge in [0, 0.05) is 28.4 Å². The highest BCUT2D eigenvalue weighted by atomic mass is 16.5. The molecule has 0 bridgehead atoms. The fraction of sp³-hybridized carbons (Fsp3) is 0.214. The lowest BCUT2D eigenvalue weighted by molar-refractivity contribution is 0.0707. The maximum atomic E-state index is 13.2. The molecule has 0 heterocycles. The van der Waals surface area contributed by atoms with Crippen molar-refractivity contribution in [1.82, 2.24) is 10.8 Å². The standard InChI is InChI=1S/C28H31N5O4/c1-16(28(2,3)4)31-25(34)18-11-14-21(23(15-18)27(36)33-37)20-7-5-6-8-22(20)26(35)32-19-12-9-17(10-13-19)24(29)30/h5-16,37H,1-4H3,(H3,29,30)(H,31,34)(H,32,35)(H,33,36). The molecule has 0 aromatic heterocycles. The number of anilines is 1. The Morgan fingerprint density at radius 2 is 1.43 bits per heavy atom. The lowest BCUT2D eigenvalue weighted by atomic mass is 9.87. The van der Waals surface area contributed by atoms with Crippen LogP contribution in [0.5, 0.6) is 0 Å². The van der Waals surface area contributed by atoms with Crippen molar-refractivity contribution in [3.63, 3.8) is 0 Å². The van der Waals surface area contributed by atoms with Crippen LogP contribution >= 0.6 is 0 Å². The summed E-state index contributed by atoms with van der Waals surface area (Å²) >= 11 is 0. The van der Waals surface area contributed by atoms with Gasteiger partial charge in [-0.2, -0.15) is 0 Å². The lowest BCUT2D eigenvalue weighted by Gasteiger charge is -2.28. The summed E-state index contributed by atoms with van der Waals surface area (Å²) in [7, 11) is 0. The van der Waals surface area contributed by atoms with Gasteiger partial charge in [-0.3, -0.25) is 25.0 Å². The second-order valence-electron chi connectivity index (χ2n) is 9.75. The van der Waals surface area contributed by atoms with Gasteiger partial charge in [0.15, 0.2) is 0 Å². The van der Waals surface area contributed by atoms with E-state index in [4.69, 9.17) is 11.1 Å².